The van der Waals surface area contributed by atoms with Crippen LogP contribution >= 0.6 is 0 Å². The third-order valence-electron chi connectivity index (χ3n) is 4.10. The topological polar surface area (TPSA) is 32.3 Å². The maximum atomic E-state index is 12.7. The van der Waals surface area contributed by atoms with Crippen LogP contribution in [0.4, 0.5) is 0 Å². The normalized spacial score (nSPS) is 23.4. The van der Waals surface area contributed by atoms with Gasteiger partial charge in [-0.1, -0.05) is 17.7 Å². The third-order valence-corrected chi connectivity index (χ3v) is 4.10. The van der Waals surface area contributed by atoms with Crippen molar-refractivity contribution in [1.82, 2.24) is 10.2 Å². The fourth-order valence-electron chi connectivity index (χ4n) is 2.94. The molecule has 1 aromatic carbocycles. The molecule has 1 aliphatic heterocycles. The Morgan fingerprint density at radius 1 is 1.32 bits per heavy atom. The van der Waals surface area contributed by atoms with Crippen molar-refractivity contribution >= 4 is 5.91 Å². The van der Waals surface area contributed by atoms with Crippen molar-refractivity contribution in [1.29, 1.82) is 0 Å². The molecule has 1 saturated heterocycles. The summed E-state index contributed by atoms with van der Waals surface area (Å²) in [6.45, 7) is 5.95. The van der Waals surface area contributed by atoms with Crippen LogP contribution < -0.4 is 5.32 Å². The predicted octanol–water partition coefficient (Wildman–Crippen LogP) is 2.60. The largest absolute Gasteiger partial charge is 0.332 e. The molecule has 1 fully saturated rings. The first kappa shape index (κ1) is 14.1. The highest BCUT2D eigenvalue weighted by Crippen LogP contribution is 2.29. The standard InChI is InChI=1S/C16H24N2O/c1-13-6-8-14(9-7-13)15(19)18-11-5-4-10-16(18,2)12-17-3/h6-9,17H,4-5,10-12H2,1-3H3. The Hall–Kier alpha value is -1.35. The van der Waals surface area contributed by atoms with Crippen LogP contribution in [-0.4, -0.2) is 36.5 Å². The molecular formula is C16H24N2O. The van der Waals surface area contributed by atoms with Crippen molar-refractivity contribution in [3.63, 3.8) is 0 Å². The lowest BCUT2D eigenvalue weighted by atomic mass is 9.87. The fraction of sp³-hybridized carbons (Fsp3) is 0.562. The molecule has 1 aliphatic rings. The lowest BCUT2D eigenvalue weighted by molar-refractivity contribution is 0.0382. The second-order valence-electron chi connectivity index (χ2n) is 5.81. The molecule has 3 heteroatoms. The molecule has 19 heavy (non-hydrogen) atoms. The van der Waals surface area contributed by atoms with E-state index in [9.17, 15) is 4.79 Å². The van der Waals surface area contributed by atoms with Crippen molar-refractivity contribution in [3.8, 4) is 0 Å². The Labute approximate surface area is 116 Å². The van der Waals surface area contributed by atoms with Crippen molar-refractivity contribution in [2.24, 2.45) is 0 Å². The Kier molecular flexibility index (Phi) is 4.25. The number of nitrogens with one attached hydrogen (secondary N) is 1. The average Bonchev–Trinajstić information content (AvgIpc) is 2.39. The number of likely N-dealkylation sites (tertiary alicyclic amines) is 1. The summed E-state index contributed by atoms with van der Waals surface area (Å²) in [6.07, 6.45) is 3.39. The smallest absolute Gasteiger partial charge is 0.254 e. The zero-order chi connectivity index (χ0) is 13.9. The van der Waals surface area contributed by atoms with Crippen molar-refractivity contribution < 1.29 is 4.79 Å². The van der Waals surface area contributed by atoms with E-state index in [2.05, 4.69) is 17.1 Å². The number of likely N-dealkylation sites (N-methyl/N-ethyl adjacent to an activating group) is 1. The van der Waals surface area contributed by atoms with Gasteiger partial charge in [0.05, 0.1) is 5.54 Å². The Morgan fingerprint density at radius 2 is 2.00 bits per heavy atom. The van der Waals surface area contributed by atoms with Crippen LogP contribution in [0.15, 0.2) is 24.3 Å². The average molecular weight is 260 g/mol. The number of rotatable bonds is 3. The van der Waals surface area contributed by atoms with Gasteiger partial charge in [-0.2, -0.15) is 0 Å². The number of aryl methyl sites for hydroxylation is 1. The first-order valence-corrected chi connectivity index (χ1v) is 7.10. The first-order valence-electron chi connectivity index (χ1n) is 7.10. The highest BCUT2D eigenvalue weighted by Gasteiger charge is 2.37. The molecule has 0 bridgehead atoms. The molecule has 1 amide bonds. The summed E-state index contributed by atoms with van der Waals surface area (Å²) in [5.41, 5.74) is 1.93. The highest BCUT2D eigenvalue weighted by atomic mass is 16.2. The number of carbonyl (C=O) groups is 1. The number of hydrogen-bond donors (Lipinski definition) is 1. The molecule has 0 aromatic heterocycles. The molecule has 104 valence electrons. The molecule has 1 heterocycles. The zero-order valence-electron chi connectivity index (χ0n) is 12.2. The monoisotopic (exact) mass is 260 g/mol. The van der Waals surface area contributed by atoms with Gasteiger partial charge in [-0.15, -0.1) is 0 Å². The lowest BCUT2D eigenvalue weighted by Crippen LogP contribution is -2.57. The van der Waals surface area contributed by atoms with Crippen molar-refractivity contribution in [3.05, 3.63) is 35.4 Å². The number of amides is 1. The van der Waals surface area contributed by atoms with Gasteiger partial charge < -0.3 is 10.2 Å². The molecule has 3 nitrogen and oxygen atoms in total. The van der Waals surface area contributed by atoms with Gasteiger partial charge in [-0.3, -0.25) is 4.79 Å². The maximum Gasteiger partial charge on any atom is 0.254 e. The fourth-order valence-corrected chi connectivity index (χ4v) is 2.94. The number of carbonyl (C=O) groups excluding carboxylic acids is 1. The van der Waals surface area contributed by atoms with Crippen LogP contribution in [0.1, 0.15) is 42.1 Å². The van der Waals surface area contributed by atoms with Crippen LogP contribution in [0.5, 0.6) is 0 Å². The maximum absolute atomic E-state index is 12.7. The molecule has 0 radical (unpaired) electrons. The SMILES string of the molecule is CNCC1(C)CCCCN1C(=O)c1ccc(C)cc1. The number of piperidine rings is 1. The van der Waals surface area contributed by atoms with E-state index >= 15 is 0 Å². The van der Waals surface area contributed by atoms with Crippen molar-refractivity contribution in [2.45, 2.75) is 38.6 Å². The van der Waals surface area contributed by atoms with E-state index in [0.29, 0.717) is 0 Å². The molecule has 1 atom stereocenters. The summed E-state index contributed by atoms with van der Waals surface area (Å²) < 4.78 is 0. The minimum Gasteiger partial charge on any atom is -0.332 e. The van der Waals surface area contributed by atoms with Crippen LogP contribution in [0, 0.1) is 6.92 Å². The van der Waals surface area contributed by atoms with Crippen LogP contribution in [-0.2, 0) is 0 Å². The molecule has 0 saturated carbocycles. The molecule has 1 N–H and O–H groups in total. The van der Waals surface area contributed by atoms with E-state index in [1.807, 2.05) is 38.2 Å². The van der Waals surface area contributed by atoms with E-state index in [1.165, 1.54) is 12.0 Å². The second-order valence-corrected chi connectivity index (χ2v) is 5.81. The summed E-state index contributed by atoms with van der Waals surface area (Å²) >= 11 is 0. The van der Waals surface area contributed by atoms with Gasteiger partial charge in [0.2, 0.25) is 0 Å². The number of hydrogen-bond acceptors (Lipinski definition) is 2. The molecular weight excluding hydrogens is 236 g/mol. The number of nitrogens with zero attached hydrogens (tertiary/aromatic N) is 1. The van der Waals surface area contributed by atoms with Gasteiger partial charge in [-0.25, -0.2) is 0 Å². The van der Waals surface area contributed by atoms with Gasteiger partial charge in [0.1, 0.15) is 0 Å². The van der Waals surface area contributed by atoms with Gasteiger partial charge in [0, 0.05) is 18.7 Å². The van der Waals surface area contributed by atoms with E-state index in [-0.39, 0.29) is 11.4 Å². The van der Waals surface area contributed by atoms with Crippen LogP contribution in [0.3, 0.4) is 0 Å². The Bertz CT molecular complexity index is 437. The lowest BCUT2D eigenvalue weighted by Gasteiger charge is -2.45. The van der Waals surface area contributed by atoms with E-state index < -0.39 is 0 Å². The number of benzene rings is 1. The molecule has 0 spiro atoms. The van der Waals surface area contributed by atoms with Gasteiger partial charge in [0.25, 0.3) is 5.91 Å². The molecule has 0 aliphatic carbocycles. The quantitative estimate of drug-likeness (QED) is 0.906. The van der Waals surface area contributed by atoms with E-state index in [0.717, 1.165) is 31.5 Å². The predicted molar refractivity (Wildman–Crippen MR) is 78.4 cm³/mol. The van der Waals surface area contributed by atoms with Gasteiger partial charge in [0.15, 0.2) is 0 Å². The van der Waals surface area contributed by atoms with Gasteiger partial charge in [-0.05, 0) is 52.3 Å². The molecule has 1 unspecified atom stereocenters. The minimum atomic E-state index is -0.0605. The summed E-state index contributed by atoms with van der Waals surface area (Å²) in [6, 6.07) is 7.89. The summed E-state index contributed by atoms with van der Waals surface area (Å²) in [7, 11) is 1.95. The van der Waals surface area contributed by atoms with E-state index in [4.69, 9.17) is 0 Å². The minimum absolute atomic E-state index is 0.0605. The molecule has 1 aromatic rings. The second kappa shape index (κ2) is 5.74. The Morgan fingerprint density at radius 3 is 2.63 bits per heavy atom. The zero-order valence-corrected chi connectivity index (χ0v) is 12.2. The Balaban J connectivity index is 2.22. The van der Waals surface area contributed by atoms with Crippen LogP contribution in [0.25, 0.3) is 0 Å². The molecule has 2 rings (SSSR count). The summed E-state index contributed by atoms with van der Waals surface area (Å²) in [5, 5.41) is 3.23. The summed E-state index contributed by atoms with van der Waals surface area (Å²) in [4.78, 5) is 14.8. The summed E-state index contributed by atoms with van der Waals surface area (Å²) in [5.74, 6) is 0.164. The van der Waals surface area contributed by atoms with Crippen LogP contribution in [0.2, 0.25) is 0 Å². The van der Waals surface area contributed by atoms with Gasteiger partial charge >= 0.3 is 0 Å². The first-order chi connectivity index (χ1) is 9.07. The van der Waals surface area contributed by atoms with Crippen molar-refractivity contribution in [2.75, 3.05) is 20.1 Å². The highest BCUT2D eigenvalue weighted by molar-refractivity contribution is 5.94. The van der Waals surface area contributed by atoms with E-state index in [1.54, 1.807) is 0 Å². The third kappa shape index (κ3) is 2.98.